The van der Waals surface area contributed by atoms with Crippen LogP contribution in [0.2, 0.25) is 10.0 Å². The molecule has 1 saturated heterocycles. The SMILES string of the molecule is O=C(Nc1cccc2c1nc(C(F)(F)F)n2CC(=O)N1CCOCC1)c1c(Cl)cccc1Cl. The predicted molar refractivity (Wildman–Crippen MR) is 117 cm³/mol. The monoisotopic (exact) mass is 500 g/mol. The molecule has 3 aromatic rings. The zero-order chi connectivity index (χ0) is 23.8. The molecule has 0 saturated carbocycles. The number of nitrogens with zero attached hydrogens (tertiary/aromatic N) is 3. The maximum absolute atomic E-state index is 13.8. The number of fused-ring (bicyclic) bond motifs is 1. The summed E-state index contributed by atoms with van der Waals surface area (Å²) in [6, 6.07) is 8.77. The van der Waals surface area contributed by atoms with E-state index in [1.54, 1.807) is 6.07 Å². The van der Waals surface area contributed by atoms with Crippen molar-refractivity contribution in [2.75, 3.05) is 31.6 Å². The molecular formula is C21H17Cl2F3N4O3. The molecule has 0 unspecified atom stereocenters. The predicted octanol–water partition coefficient (Wildman–Crippen LogP) is 4.47. The minimum Gasteiger partial charge on any atom is -0.378 e. The first kappa shape index (κ1) is 23.3. The Morgan fingerprint density at radius 1 is 1.06 bits per heavy atom. The minimum absolute atomic E-state index is 0.0178. The fourth-order valence-corrected chi connectivity index (χ4v) is 4.14. The molecular weight excluding hydrogens is 484 g/mol. The van der Waals surface area contributed by atoms with Crippen molar-refractivity contribution in [3.8, 4) is 0 Å². The maximum Gasteiger partial charge on any atom is 0.449 e. The molecule has 0 bridgehead atoms. The van der Waals surface area contributed by atoms with E-state index in [-0.39, 0.29) is 32.3 Å². The highest BCUT2D eigenvalue weighted by atomic mass is 35.5. The average Bonchev–Trinajstić information content (AvgIpc) is 3.14. The number of alkyl halides is 3. The number of hydrogen-bond acceptors (Lipinski definition) is 4. The van der Waals surface area contributed by atoms with Crippen molar-refractivity contribution in [3.63, 3.8) is 0 Å². The number of carbonyl (C=O) groups excluding carboxylic acids is 2. The van der Waals surface area contributed by atoms with Gasteiger partial charge in [0, 0.05) is 13.1 Å². The van der Waals surface area contributed by atoms with E-state index in [2.05, 4.69) is 10.3 Å². The van der Waals surface area contributed by atoms with E-state index in [1.807, 2.05) is 0 Å². The topological polar surface area (TPSA) is 76.5 Å². The first-order valence-corrected chi connectivity index (χ1v) is 10.6. The van der Waals surface area contributed by atoms with E-state index >= 15 is 0 Å². The summed E-state index contributed by atoms with van der Waals surface area (Å²) >= 11 is 12.1. The Morgan fingerprint density at radius 2 is 1.70 bits per heavy atom. The van der Waals surface area contributed by atoms with Crippen LogP contribution in [0.5, 0.6) is 0 Å². The minimum atomic E-state index is -4.82. The zero-order valence-electron chi connectivity index (χ0n) is 17.0. The summed E-state index contributed by atoms with van der Waals surface area (Å²) in [5.41, 5.74) is -0.0597. The van der Waals surface area contributed by atoms with E-state index in [4.69, 9.17) is 27.9 Å². The lowest BCUT2D eigenvalue weighted by atomic mass is 10.2. The molecule has 33 heavy (non-hydrogen) atoms. The Hall–Kier alpha value is -2.82. The largest absolute Gasteiger partial charge is 0.449 e. The number of imidazole rings is 1. The molecule has 2 amide bonds. The number of hydrogen-bond donors (Lipinski definition) is 1. The summed E-state index contributed by atoms with van der Waals surface area (Å²) in [5.74, 6) is -2.43. The van der Waals surface area contributed by atoms with Crippen molar-refractivity contribution in [2.45, 2.75) is 12.7 Å². The molecule has 1 N–H and O–H groups in total. The highest BCUT2D eigenvalue weighted by Crippen LogP contribution is 2.34. The molecule has 4 rings (SSSR count). The Kier molecular flexibility index (Phi) is 6.51. The molecule has 2 aromatic carbocycles. The van der Waals surface area contributed by atoms with Crippen molar-refractivity contribution in [3.05, 3.63) is 57.8 Å². The van der Waals surface area contributed by atoms with E-state index in [0.717, 1.165) is 4.57 Å². The van der Waals surface area contributed by atoms with Gasteiger partial charge in [0.15, 0.2) is 0 Å². The lowest BCUT2D eigenvalue weighted by Gasteiger charge is -2.27. The quantitative estimate of drug-likeness (QED) is 0.573. The van der Waals surface area contributed by atoms with Gasteiger partial charge < -0.3 is 19.5 Å². The van der Waals surface area contributed by atoms with E-state index in [9.17, 15) is 22.8 Å². The number of rotatable bonds is 4. The number of aromatic nitrogens is 2. The van der Waals surface area contributed by atoms with Gasteiger partial charge in [-0.15, -0.1) is 0 Å². The number of anilines is 1. The van der Waals surface area contributed by atoms with Crippen molar-refractivity contribution >= 4 is 51.7 Å². The van der Waals surface area contributed by atoms with Crippen LogP contribution in [0.3, 0.4) is 0 Å². The Balaban J connectivity index is 1.73. The zero-order valence-corrected chi connectivity index (χ0v) is 18.5. The van der Waals surface area contributed by atoms with Crippen LogP contribution >= 0.6 is 23.2 Å². The molecule has 1 aliphatic rings. The van der Waals surface area contributed by atoms with Crippen molar-refractivity contribution in [2.24, 2.45) is 0 Å². The molecule has 12 heteroatoms. The van der Waals surface area contributed by atoms with Crippen LogP contribution in [-0.2, 0) is 22.3 Å². The second-order valence-corrected chi connectivity index (χ2v) is 8.05. The van der Waals surface area contributed by atoms with Crippen LogP contribution in [0.4, 0.5) is 18.9 Å². The van der Waals surface area contributed by atoms with E-state index < -0.39 is 30.4 Å². The normalized spacial score (nSPS) is 14.5. The maximum atomic E-state index is 13.8. The summed E-state index contributed by atoms with van der Waals surface area (Å²) < 4.78 is 47.4. The lowest BCUT2D eigenvalue weighted by Crippen LogP contribution is -2.42. The van der Waals surface area contributed by atoms with Crippen molar-refractivity contribution < 1.29 is 27.5 Å². The van der Waals surface area contributed by atoms with Gasteiger partial charge >= 0.3 is 6.18 Å². The van der Waals surface area contributed by atoms with Crippen LogP contribution in [0.1, 0.15) is 16.2 Å². The van der Waals surface area contributed by atoms with Gasteiger partial charge in [0.2, 0.25) is 11.7 Å². The first-order valence-electron chi connectivity index (χ1n) is 9.84. The molecule has 174 valence electrons. The van der Waals surface area contributed by atoms with Crippen molar-refractivity contribution in [1.82, 2.24) is 14.5 Å². The number of halogens is 5. The standard InChI is InChI=1S/C21H17Cl2F3N4O3/c22-12-3-1-4-13(23)17(12)19(32)27-14-5-2-6-15-18(14)28-20(21(24,25)26)30(15)11-16(31)29-7-9-33-10-8-29/h1-6H,7-11H2,(H,27,32). The smallest absolute Gasteiger partial charge is 0.378 e. The van der Waals surface area contributed by atoms with E-state index in [1.165, 1.54) is 35.2 Å². The second kappa shape index (κ2) is 9.20. The molecule has 2 heterocycles. The van der Waals surface area contributed by atoms with Gasteiger partial charge in [0.05, 0.1) is 40.0 Å². The number of amides is 2. The van der Waals surface area contributed by atoms with Crippen LogP contribution in [-0.4, -0.2) is 52.6 Å². The molecule has 1 aromatic heterocycles. The van der Waals surface area contributed by atoms with Crippen molar-refractivity contribution in [1.29, 1.82) is 0 Å². The third-order valence-electron chi connectivity index (χ3n) is 5.13. The summed E-state index contributed by atoms with van der Waals surface area (Å²) in [7, 11) is 0. The summed E-state index contributed by atoms with van der Waals surface area (Å²) in [4.78, 5) is 30.6. The van der Waals surface area contributed by atoms with Crippen LogP contribution < -0.4 is 5.32 Å². The van der Waals surface area contributed by atoms with Gasteiger partial charge in [-0.2, -0.15) is 13.2 Å². The Morgan fingerprint density at radius 3 is 2.33 bits per heavy atom. The molecule has 0 spiro atoms. The molecule has 0 atom stereocenters. The molecule has 7 nitrogen and oxygen atoms in total. The number of morpholine rings is 1. The number of ether oxygens (including phenoxy) is 1. The van der Waals surface area contributed by atoms with Gasteiger partial charge in [-0.25, -0.2) is 4.98 Å². The molecule has 0 aliphatic carbocycles. The van der Waals surface area contributed by atoms with Gasteiger partial charge in [-0.05, 0) is 24.3 Å². The van der Waals surface area contributed by atoms with Crippen LogP contribution in [0.25, 0.3) is 11.0 Å². The number of nitrogens with one attached hydrogen (secondary N) is 1. The number of para-hydroxylation sites is 1. The number of carbonyl (C=O) groups is 2. The van der Waals surface area contributed by atoms with Crippen LogP contribution in [0.15, 0.2) is 36.4 Å². The summed E-state index contributed by atoms with van der Waals surface area (Å²) in [6.45, 7) is 0.686. The third kappa shape index (κ3) is 4.78. The molecule has 1 aliphatic heterocycles. The number of benzene rings is 2. The average molecular weight is 501 g/mol. The molecule has 1 fully saturated rings. The highest BCUT2D eigenvalue weighted by Gasteiger charge is 2.39. The lowest BCUT2D eigenvalue weighted by molar-refractivity contribution is -0.148. The first-order chi connectivity index (χ1) is 15.7. The highest BCUT2D eigenvalue weighted by molar-refractivity contribution is 6.40. The summed E-state index contributed by atoms with van der Waals surface area (Å²) in [5, 5.41) is 2.70. The van der Waals surface area contributed by atoms with Gasteiger partial charge in [-0.3, -0.25) is 9.59 Å². The fourth-order valence-electron chi connectivity index (χ4n) is 3.57. The van der Waals surface area contributed by atoms with Gasteiger partial charge in [0.1, 0.15) is 12.1 Å². The second-order valence-electron chi connectivity index (χ2n) is 7.24. The van der Waals surface area contributed by atoms with Gasteiger partial charge in [-0.1, -0.05) is 35.3 Å². The molecule has 0 radical (unpaired) electrons. The van der Waals surface area contributed by atoms with E-state index in [0.29, 0.717) is 26.3 Å². The Labute approximate surface area is 196 Å². The fraction of sp³-hybridized carbons (Fsp3) is 0.286. The van der Waals surface area contributed by atoms with Gasteiger partial charge in [0.25, 0.3) is 5.91 Å². The van der Waals surface area contributed by atoms with Crippen LogP contribution in [0, 0.1) is 0 Å². The Bertz CT molecular complexity index is 1200. The third-order valence-corrected chi connectivity index (χ3v) is 5.76. The summed E-state index contributed by atoms with van der Waals surface area (Å²) in [6.07, 6.45) is -4.82.